The van der Waals surface area contributed by atoms with Crippen molar-refractivity contribution in [2.75, 3.05) is 18.0 Å². The van der Waals surface area contributed by atoms with Gasteiger partial charge in [-0.25, -0.2) is 4.39 Å². The maximum absolute atomic E-state index is 14.1. The number of nitriles is 1. The maximum Gasteiger partial charge on any atom is 0.475 e. The van der Waals surface area contributed by atoms with Crippen molar-refractivity contribution in [3.05, 3.63) is 29.6 Å². The zero-order valence-corrected chi connectivity index (χ0v) is 15.9. The van der Waals surface area contributed by atoms with Crippen LogP contribution in [0.3, 0.4) is 0 Å². The topological polar surface area (TPSA) is 126 Å². The third-order valence-corrected chi connectivity index (χ3v) is 4.56. The van der Waals surface area contributed by atoms with Gasteiger partial charge in [0.2, 0.25) is 11.8 Å². The van der Waals surface area contributed by atoms with Gasteiger partial charge in [0.05, 0.1) is 29.8 Å². The Hall–Kier alpha value is -2.64. The minimum Gasteiger partial charge on any atom is -0.426 e. The van der Waals surface area contributed by atoms with Crippen molar-refractivity contribution in [1.29, 1.82) is 5.26 Å². The summed E-state index contributed by atoms with van der Waals surface area (Å²) >= 11 is 0. The van der Waals surface area contributed by atoms with E-state index in [0.29, 0.717) is 19.4 Å². The summed E-state index contributed by atoms with van der Waals surface area (Å²) in [6.45, 7) is 3.94. The van der Waals surface area contributed by atoms with Crippen molar-refractivity contribution in [3.63, 3.8) is 0 Å². The Kier molecular flexibility index (Phi) is 7.37. The Morgan fingerprint density at radius 2 is 2.14 bits per heavy atom. The second-order valence-electron chi connectivity index (χ2n) is 7.21. The molecule has 0 aromatic heterocycles. The van der Waals surface area contributed by atoms with Crippen molar-refractivity contribution in [3.8, 4) is 6.07 Å². The van der Waals surface area contributed by atoms with E-state index in [-0.39, 0.29) is 23.7 Å². The molecule has 0 aliphatic carbocycles. The van der Waals surface area contributed by atoms with Crippen LogP contribution in [0.1, 0.15) is 32.3 Å². The van der Waals surface area contributed by atoms with Crippen molar-refractivity contribution in [2.24, 2.45) is 5.92 Å². The molecule has 1 aliphatic rings. The smallest absolute Gasteiger partial charge is 0.426 e. The molecule has 0 unspecified atom stereocenters. The van der Waals surface area contributed by atoms with Crippen LogP contribution in [0.25, 0.3) is 0 Å². The maximum atomic E-state index is 14.1. The zero-order valence-electron chi connectivity index (χ0n) is 15.9. The van der Waals surface area contributed by atoms with Gasteiger partial charge in [-0.1, -0.05) is 13.8 Å². The minimum absolute atomic E-state index is 0.146. The third kappa shape index (κ3) is 5.44. The number of amides is 2. The lowest BCUT2D eigenvalue weighted by Crippen LogP contribution is -2.58. The number of benzene rings is 1. The van der Waals surface area contributed by atoms with Crippen LogP contribution in [0, 0.1) is 23.1 Å². The summed E-state index contributed by atoms with van der Waals surface area (Å²) in [5.74, 6) is -2.22. The summed E-state index contributed by atoms with van der Waals surface area (Å²) < 4.78 is 14.1. The highest BCUT2D eigenvalue weighted by Gasteiger charge is 2.36. The average Bonchev–Trinajstić information content (AvgIpc) is 2.59. The van der Waals surface area contributed by atoms with E-state index in [1.807, 2.05) is 19.9 Å². The van der Waals surface area contributed by atoms with Crippen LogP contribution in [0.4, 0.5) is 10.1 Å². The van der Waals surface area contributed by atoms with Crippen LogP contribution >= 0.6 is 0 Å². The Morgan fingerprint density at radius 1 is 1.43 bits per heavy atom. The average molecular weight is 390 g/mol. The molecule has 8 nitrogen and oxygen atoms in total. The molecular weight excluding hydrogens is 366 g/mol. The van der Waals surface area contributed by atoms with E-state index >= 15 is 0 Å². The monoisotopic (exact) mass is 390 g/mol. The molecule has 150 valence electrons. The number of rotatable bonds is 8. The molecular formula is C18H24BFN4O4. The quantitative estimate of drug-likeness (QED) is 0.461. The number of anilines is 1. The highest BCUT2D eigenvalue weighted by Crippen LogP contribution is 2.29. The molecule has 1 saturated heterocycles. The zero-order chi connectivity index (χ0) is 20.8. The largest absolute Gasteiger partial charge is 0.475 e. The summed E-state index contributed by atoms with van der Waals surface area (Å²) in [5.41, 5.74) is 0.428. The van der Waals surface area contributed by atoms with Crippen LogP contribution in [0.5, 0.6) is 0 Å². The van der Waals surface area contributed by atoms with Crippen LogP contribution in [-0.2, 0) is 9.59 Å². The van der Waals surface area contributed by atoms with Gasteiger partial charge in [-0.05, 0) is 37.0 Å². The molecule has 1 aromatic rings. The van der Waals surface area contributed by atoms with Gasteiger partial charge in [0.25, 0.3) is 0 Å². The van der Waals surface area contributed by atoms with Gasteiger partial charge in [0.15, 0.2) is 0 Å². The molecule has 1 fully saturated rings. The fraction of sp³-hybridized carbons (Fsp3) is 0.500. The number of nitrogens with one attached hydrogen (secondary N) is 2. The van der Waals surface area contributed by atoms with Crippen molar-refractivity contribution in [1.82, 2.24) is 10.6 Å². The first-order chi connectivity index (χ1) is 13.2. The lowest BCUT2D eigenvalue weighted by Gasteiger charge is -2.41. The first kappa shape index (κ1) is 21.7. The van der Waals surface area contributed by atoms with E-state index in [1.165, 1.54) is 12.1 Å². The van der Waals surface area contributed by atoms with Crippen molar-refractivity contribution >= 4 is 24.6 Å². The van der Waals surface area contributed by atoms with E-state index in [4.69, 9.17) is 5.26 Å². The van der Waals surface area contributed by atoms with Gasteiger partial charge >= 0.3 is 7.12 Å². The Balaban J connectivity index is 1.89. The second kappa shape index (κ2) is 9.53. The Labute approximate surface area is 163 Å². The number of hydrogen-bond acceptors (Lipinski definition) is 6. The first-order valence-electron chi connectivity index (χ1n) is 9.12. The SMILES string of the molecule is CC(C)C[C@H](NC(=O)CNC(=O)[C@@H]1CCN1c1ccc(C#N)cc1F)B(O)O. The van der Waals surface area contributed by atoms with Crippen LogP contribution < -0.4 is 15.5 Å². The van der Waals surface area contributed by atoms with Crippen LogP contribution in [0.2, 0.25) is 0 Å². The van der Waals surface area contributed by atoms with E-state index in [9.17, 15) is 24.0 Å². The van der Waals surface area contributed by atoms with Crippen LogP contribution in [-0.4, -0.2) is 54.1 Å². The number of hydrogen-bond donors (Lipinski definition) is 4. The fourth-order valence-electron chi connectivity index (χ4n) is 3.06. The van der Waals surface area contributed by atoms with E-state index in [1.54, 1.807) is 4.90 Å². The van der Waals surface area contributed by atoms with Gasteiger partial charge < -0.3 is 25.6 Å². The lowest BCUT2D eigenvalue weighted by atomic mass is 9.75. The molecule has 1 heterocycles. The Bertz CT molecular complexity index is 768. The van der Waals surface area contributed by atoms with Crippen molar-refractivity contribution in [2.45, 2.75) is 38.7 Å². The number of nitrogens with zero attached hydrogens (tertiary/aromatic N) is 2. The molecule has 1 aliphatic heterocycles. The summed E-state index contributed by atoms with van der Waals surface area (Å²) in [5, 5.41) is 32.5. The van der Waals surface area contributed by atoms with E-state index in [2.05, 4.69) is 10.6 Å². The van der Waals surface area contributed by atoms with Gasteiger partial charge in [0.1, 0.15) is 11.9 Å². The highest BCUT2D eigenvalue weighted by molar-refractivity contribution is 6.43. The van der Waals surface area contributed by atoms with Gasteiger partial charge in [-0.3, -0.25) is 9.59 Å². The first-order valence-corrected chi connectivity index (χ1v) is 9.12. The molecule has 2 atom stereocenters. The molecule has 4 N–H and O–H groups in total. The van der Waals surface area contributed by atoms with E-state index in [0.717, 1.165) is 6.07 Å². The summed E-state index contributed by atoms with van der Waals surface area (Å²) in [7, 11) is -1.69. The molecule has 28 heavy (non-hydrogen) atoms. The third-order valence-electron chi connectivity index (χ3n) is 4.56. The van der Waals surface area contributed by atoms with Crippen LogP contribution in [0.15, 0.2) is 18.2 Å². The predicted molar refractivity (Wildman–Crippen MR) is 101 cm³/mol. The molecule has 2 amide bonds. The number of carbonyl (C=O) groups excluding carboxylic acids is 2. The highest BCUT2D eigenvalue weighted by atomic mass is 19.1. The molecule has 0 spiro atoms. The Morgan fingerprint density at radius 3 is 2.64 bits per heavy atom. The normalized spacial score (nSPS) is 16.8. The summed E-state index contributed by atoms with van der Waals surface area (Å²) in [6, 6.07) is 5.30. The standard InChI is InChI=1S/C18H24BFN4O4/c1-11(2)7-16(19(27)28)23-17(25)10-22-18(26)15-5-6-24(15)14-4-3-12(9-21)8-13(14)20/h3-4,8,11,15-16,27-28H,5-7,10H2,1-2H3,(H,22,26)(H,23,25)/t15-,16-/m0/s1. The van der Waals surface area contributed by atoms with Crippen molar-refractivity contribution < 1.29 is 24.0 Å². The molecule has 0 radical (unpaired) electrons. The summed E-state index contributed by atoms with van der Waals surface area (Å²) in [4.78, 5) is 25.9. The van der Waals surface area contributed by atoms with Gasteiger partial charge in [0, 0.05) is 6.54 Å². The molecule has 0 bridgehead atoms. The molecule has 1 aromatic carbocycles. The number of carbonyl (C=O) groups is 2. The number of halogens is 1. The van der Waals surface area contributed by atoms with Gasteiger partial charge in [-0.15, -0.1) is 0 Å². The van der Waals surface area contributed by atoms with E-state index < -0.39 is 36.7 Å². The molecule has 10 heteroatoms. The fourth-order valence-corrected chi connectivity index (χ4v) is 3.06. The van der Waals surface area contributed by atoms with Gasteiger partial charge in [-0.2, -0.15) is 5.26 Å². The predicted octanol–water partition coefficient (Wildman–Crippen LogP) is -0.0648. The molecule has 0 saturated carbocycles. The lowest BCUT2D eigenvalue weighted by molar-refractivity contribution is -0.127. The second-order valence-corrected chi connectivity index (χ2v) is 7.21. The molecule has 2 rings (SSSR count). The summed E-state index contributed by atoms with van der Waals surface area (Å²) in [6.07, 6.45) is 0.893. The minimum atomic E-state index is -1.69.